The third kappa shape index (κ3) is 2.46. The fourth-order valence-electron chi connectivity index (χ4n) is 1.01. The molecule has 1 heterocycles. The summed E-state index contributed by atoms with van der Waals surface area (Å²) in [5, 5.41) is 19.8. The van der Waals surface area contributed by atoms with Crippen LogP contribution in [0.1, 0.15) is 10.4 Å². The smallest absolute Gasteiger partial charge is 0.338 e. The molecule has 0 aliphatic heterocycles. The molecular formula is C10H9FN2O3. The highest BCUT2D eigenvalue weighted by Crippen LogP contribution is 2.15. The highest BCUT2D eigenvalue weighted by molar-refractivity contribution is 5.88. The molecule has 0 aliphatic carbocycles. The zero-order chi connectivity index (χ0) is 12.1. The molecule has 6 heteroatoms. The number of nitrogens with zero attached hydrogens (tertiary/aromatic N) is 1. The first-order valence-electron chi connectivity index (χ1n) is 4.31. The van der Waals surface area contributed by atoms with Gasteiger partial charge < -0.3 is 15.5 Å². The number of aliphatic hydroxyl groups is 1. The minimum absolute atomic E-state index is 0.295. The van der Waals surface area contributed by atoms with Gasteiger partial charge in [-0.15, -0.1) is 6.42 Å². The van der Waals surface area contributed by atoms with Gasteiger partial charge in [0.05, 0.1) is 6.61 Å². The first-order chi connectivity index (χ1) is 7.60. The van der Waals surface area contributed by atoms with Crippen LogP contribution in [-0.4, -0.2) is 33.8 Å². The van der Waals surface area contributed by atoms with Crippen molar-refractivity contribution in [3.05, 3.63) is 23.6 Å². The average molecular weight is 224 g/mol. The molecule has 0 fully saturated rings. The van der Waals surface area contributed by atoms with Crippen LogP contribution >= 0.6 is 0 Å². The lowest BCUT2D eigenvalue weighted by Gasteiger charge is -2.11. The van der Waals surface area contributed by atoms with Crippen molar-refractivity contribution in [2.24, 2.45) is 0 Å². The summed E-state index contributed by atoms with van der Waals surface area (Å²) in [4.78, 5) is 14.2. The van der Waals surface area contributed by atoms with Crippen LogP contribution in [0.5, 0.6) is 0 Å². The Morgan fingerprint density at radius 3 is 2.94 bits per heavy atom. The van der Waals surface area contributed by atoms with E-state index in [1.54, 1.807) is 0 Å². The van der Waals surface area contributed by atoms with E-state index in [-0.39, 0.29) is 5.82 Å². The van der Waals surface area contributed by atoms with E-state index in [4.69, 9.17) is 16.6 Å². The zero-order valence-corrected chi connectivity index (χ0v) is 8.14. The molecule has 1 atom stereocenters. The van der Waals surface area contributed by atoms with Gasteiger partial charge in [-0.2, -0.15) is 0 Å². The van der Waals surface area contributed by atoms with Gasteiger partial charge in [0.25, 0.3) is 0 Å². The largest absolute Gasteiger partial charge is 0.478 e. The van der Waals surface area contributed by atoms with Crippen molar-refractivity contribution in [2.45, 2.75) is 6.04 Å². The van der Waals surface area contributed by atoms with Gasteiger partial charge in [-0.05, 0) is 6.07 Å². The first-order valence-corrected chi connectivity index (χ1v) is 4.31. The zero-order valence-electron chi connectivity index (χ0n) is 8.14. The second kappa shape index (κ2) is 5.09. The van der Waals surface area contributed by atoms with Crippen LogP contribution in [0.15, 0.2) is 12.3 Å². The van der Waals surface area contributed by atoms with E-state index < -0.39 is 30.0 Å². The molecule has 0 saturated heterocycles. The van der Waals surface area contributed by atoms with Crippen molar-refractivity contribution in [3.63, 3.8) is 0 Å². The second-order valence-corrected chi connectivity index (χ2v) is 2.87. The molecule has 84 valence electrons. The van der Waals surface area contributed by atoms with E-state index in [9.17, 15) is 9.18 Å². The topological polar surface area (TPSA) is 82.5 Å². The molecule has 0 radical (unpaired) electrons. The van der Waals surface area contributed by atoms with Gasteiger partial charge in [-0.25, -0.2) is 14.2 Å². The summed E-state index contributed by atoms with van der Waals surface area (Å²) < 4.78 is 13.5. The maximum absolute atomic E-state index is 13.5. The average Bonchev–Trinajstić information content (AvgIpc) is 2.27. The molecular weight excluding hydrogens is 215 g/mol. The van der Waals surface area contributed by atoms with E-state index in [2.05, 4.69) is 16.2 Å². The standard InChI is InChI=1S/C10H9FN2O3/c1-2-6(5-14)13-9-8(11)7(10(15)16)3-4-12-9/h1,3-4,6,14H,5H2,(H,12,13)(H,15,16). The number of aliphatic hydroxyl groups excluding tert-OH is 1. The van der Waals surface area contributed by atoms with Gasteiger partial charge in [-0.1, -0.05) is 5.92 Å². The van der Waals surface area contributed by atoms with Crippen molar-refractivity contribution < 1.29 is 19.4 Å². The van der Waals surface area contributed by atoms with E-state index in [0.717, 1.165) is 12.3 Å². The molecule has 0 saturated carbocycles. The van der Waals surface area contributed by atoms with Crippen molar-refractivity contribution in [2.75, 3.05) is 11.9 Å². The lowest BCUT2D eigenvalue weighted by atomic mass is 10.2. The Labute approximate surface area is 90.9 Å². The van der Waals surface area contributed by atoms with Crippen LogP contribution in [0.4, 0.5) is 10.2 Å². The molecule has 0 aromatic carbocycles. The minimum atomic E-state index is -1.40. The number of aromatic carboxylic acids is 1. The molecule has 1 aromatic rings. The summed E-state index contributed by atoms with van der Waals surface area (Å²) >= 11 is 0. The minimum Gasteiger partial charge on any atom is -0.478 e. The Morgan fingerprint density at radius 2 is 2.44 bits per heavy atom. The van der Waals surface area contributed by atoms with Crippen LogP contribution in [0.2, 0.25) is 0 Å². The van der Waals surface area contributed by atoms with Crippen molar-refractivity contribution in [3.8, 4) is 12.3 Å². The van der Waals surface area contributed by atoms with E-state index in [1.807, 2.05) is 0 Å². The van der Waals surface area contributed by atoms with Crippen molar-refractivity contribution in [1.29, 1.82) is 0 Å². The fraction of sp³-hybridized carbons (Fsp3) is 0.200. The Kier molecular flexibility index (Phi) is 3.80. The van der Waals surface area contributed by atoms with E-state index in [0.29, 0.717) is 0 Å². The molecule has 0 bridgehead atoms. The van der Waals surface area contributed by atoms with Crippen molar-refractivity contribution >= 4 is 11.8 Å². The Bertz CT molecular complexity index is 442. The number of carbonyl (C=O) groups is 1. The van der Waals surface area contributed by atoms with Crippen LogP contribution in [-0.2, 0) is 0 Å². The number of nitrogens with one attached hydrogen (secondary N) is 1. The van der Waals surface area contributed by atoms with Gasteiger partial charge >= 0.3 is 5.97 Å². The van der Waals surface area contributed by atoms with Crippen LogP contribution in [0.3, 0.4) is 0 Å². The summed E-state index contributed by atoms with van der Waals surface area (Å²) in [6, 6.07) is 0.221. The molecule has 1 unspecified atom stereocenters. The number of hydrogen-bond acceptors (Lipinski definition) is 4. The predicted molar refractivity (Wildman–Crippen MR) is 54.5 cm³/mol. The Morgan fingerprint density at radius 1 is 1.75 bits per heavy atom. The first kappa shape index (κ1) is 11.9. The number of rotatable bonds is 4. The van der Waals surface area contributed by atoms with Gasteiger partial charge in [-0.3, -0.25) is 0 Å². The fourth-order valence-corrected chi connectivity index (χ4v) is 1.01. The van der Waals surface area contributed by atoms with Gasteiger partial charge in [0.1, 0.15) is 11.6 Å². The SMILES string of the molecule is C#CC(CO)Nc1nccc(C(=O)O)c1F. The number of halogens is 1. The molecule has 3 N–H and O–H groups in total. The summed E-state index contributed by atoms with van der Waals surface area (Å²) in [7, 11) is 0. The molecule has 1 rings (SSSR count). The Balaban J connectivity index is 3.02. The number of hydrogen-bond donors (Lipinski definition) is 3. The van der Waals surface area contributed by atoms with E-state index in [1.165, 1.54) is 0 Å². The number of pyridine rings is 1. The van der Waals surface area contributed by atoms with Gasteiger partial charge in [0.2, 0.25) is 0 Å². The molecule has 0 aliphatic rings. The predicted octanol–water partition coefficient (Wildman–Crippen LogP) is 0.325. The lowest BCUT2D eigenvalue weighted by molar-refractivity contribution is 0.0692. The number of aromatic nitrogens is 1. The quantitative estimate of drug-likeness (QED) is 0.642. The van der Waals surface area contributed by atoms with E-state index >= 15 is 0 Å². The molecule has 1 aromatic heterocycles. The number of carboxylic acids is 1. The molecule has 0 spiro atoms. The maximum atomic E-state index is 13.5. The summed E-state index contributed by atoms with van der Waals surface area (Å²) in [5.41, 5.74) is -0.508. The number of terminal acetylenes is 1. The van der Waals surface area contributed by atoms with Crippen LogP contribution in [0.25, 0.3) is 0 Å². The van der Waals surface area contributed by atoms with Crippen molar-refractivity contribution in [1.82, 2.24) is 4.98 Å². The summed E-state index contributed by atoms with van der Waals surface area (Å²) in [6.45, 7) is -0.408. The number of carboxylic acid groups (broad SMARTS) is 1. The highest BCUT2D eigenvalue weighted by atomic mass is 19.1. The van der Waals surface area contributed by atoms with Gasteiger partial charge in [0.15, 0.2) is 11.6 Å². The monoisotopic (exact) mass is 224 g/mol. The van der Waals surface area contributed by atoms with Crippen LogP contribution in [0, 0.1) is 18.2 Å². The third-order valence-electron chi connectivity index (χ3n) is 1.81. The van der Waals surface area contributed by atoms with Gasteiger partial charge in [0, 0.05) is 6.20 Å². The summed E-state index contributed by atoms with van der Waals surface area (Å²) in [6.07, 6.45) is 6.18. The number of anilines is 1. The molecule has 16 heavy (non-hydrogen) atoms. The molecule has 5 nitrogen and oxygen atoms in total. The third-order valence-corrected chi connectivity index (χ3v) is 1.81. The summed E-state index contributed by atoms with van der Waals surface area (Å²) in [5.74, 6) is -0.543. The second-order valence-electron chi connectivity index (χ2n) is 2.87. The highest BCUT2D eigenvalue weighted by Gasteiger charge is 2.16. The lowest BCUT2D eigenvalue weighted by Crippen LogP contribution is -2.23. The molecule has 0 amide bonds. The Hall–Kier alpha value is -2.13. The maximum Gasteiger partial charge on any atom is 0.338 e. The normalized spacial score (nSPS) is 11.6. The van der Waals surface area contributed by atoms with Crippen LogP contribution < -0.4 is 5.32 Å².